The van der Waals surface area contributed by atoms with Crippen molar-refractivity contribution in [2.75, 3.05) is 0 Å². The lowest BCUT2D eigenvalue weighted by Gasteiger charge is -2.31. The fraction of sp³-hybridized carbons (Fsp3) is 0.462. The van der Waals surface area contributed by atoms with E-state index in [-0.39, 0.29) is 23.8 Å². The fourth-order valence-corrected chi connectivity index (χ4v) is 1.98. The lowest BCUT2D eigenvalue weighted by Crippen LogP contribution is -2.46. The van der Waals surface area contributed by atoms with Crippen LogP contribution in [0.2, 0.25) is 0 Å². The first-order chi connectivity index (χ1) is 8.15. The molecule has 0 radical (unpaired) electrons. The third-order valence-electron chi connectivity index (χ3n) is 3.09. The first-order valence-electron chi connectivity index (χ1n) is 5.89. The van der Waals surface area contributed by atoms with Gasteiger partial charge in [-0.1, -0.05) is 18.2 Å². The number of aryl methyl sites for hydroxylation is 1. The smallest absolute Gasteiger partial charge is 0.220 e. The Kier molecular flexibility index (Phi) is 3.64. The Morgan fingerprint density at radius 2 is 2.06 bits per heavy atom. The molecule has 4 heteroatoms. The summed E-state index contributed by atoms with van der Waals surface area (Å²) in [4.78, 5) is 11.6. The summed E-state index contributed by atoms with van der Waals surface area (Å²) >= 11 is 0. The molecule has 17 heavy (non-hydrogen) atoms. The number of para-hydroxylation sites is 1. The quantitative estimate of drug-likeness (QED) is 0.728. The summed E-state index contributed by atoms with van der Waals surface area (Å²) < 4.78 is 0. The Hall–Kier alpha value is -1.55. The number of amides is 1. The second kappa shape index (κ2) is 5.19. The lowest BCUT2D eigenvalue weighted by molar-refractivity contribution is -0.123. The minimum absolute atomic E-state index is 0.0230. The first kappa shape index (κ1) is 11.9. The number of nitrogens with one attached hydrogen (secondary N) is 1. The molecule has 1 fully saturated rings. The van der Waals surface area contributed by atoms with Crippen molar-refractivity contribution in [1.82, 2.24) is 5.32 Å². The predicted molar refractivity (Wildman–Crippen MR) is 63.6 cm³/mol. The number of benzene rings is 1. The normalized spacial score (nSPS) is 22.9. The molecule has 1 saturated carbocycles. The second-order valence-corrected chi connectivity index (χ2v) is 4.52. The van der Waals surface area contributed by atoms with E-state index >= 15 is 0 Å². The van der Waals surface area contributed by atoms with Crippen molar-refractivity contribution in [3.05, 3.63) is 29.8 Å². The van der Waals surface area contributed by atoms with Gasteiger partial charge in [-0.25, -0.2) is 0 Å². The van der Waals surface area contributed by atoms with Gasteiger partial charge in [-0.2, -0.15) is 0 Å². The average molecular weight is 235 g/mol. The van der Waals surface area contributed by atoms with Crippen LogP contribution in [-0.2, 0) is 11.2 Å². The molecule has 1 aromatic carbocycles. The van der Waals surface area contributed by atoms with Gasteiger partial charge in [0.2, 0.25) is 5.91 Å². The Labute approximate surface area is 100 Å². The molecule has 1 amide bonds. The van der Waals surface area contributed by atoms with Crippen molar-refractivity contribution in [2.24, 2.45) is 0 Å². The van der Waals surface area contributed by atoms with Gasteiger partial charge in [-0.05, 0) is 30.9 Å². The van der Waals surface area contributed by atoms with E-state index in [1.165, 1.54) is 0 Å². The van der Waals surface area contributed by atoms with E-state index < -0.39 is 0 Å². The summed E-state index contributed by atoms with van der Waals surface area (Å²) in [6.07, 6.45) is 1.96. The molecule has 0 heterocycles. The van der Waals surface area contributed by atoms with Crippen molar-refractivity contribution in [1.29, 1.82) is 0 Å². The molecular formula is C13H17NO3. The molecule has 1 aliphatic rings. The van der Waals surface area contributed by atoms with Crippen LogP contribution in [0.5, 0.6) is 5.75 Å². The van der Waals surface area contributed by atoms with Gasteiger partial charge in [0, 0.05) is 12.5 Å². The molecule has 0 aromatic heterocycles. The van der Waals surface area contributed by atoms with Crippen LogP contribution in [0.4, 0.5) is 0 Å². The van der Waals surface area contributed by atoms with E-state index in [0.29, 0.717) is 25.7 Å². The number of carbonyl (C=O) groups is 1. The summed E-state index contributed by atoms with van der Waals surface area (Å²) in [6, 6.07) is 7.16. The number of hydrogen-bond acceptors (Lipinski definition) is 3. The highest BCUT2D eigenvalue weighted by Gasteiger charge is 2.28. The Balaban J connectivity index is 1.75. The number of aliphatic hydroxyl groups is 1. The highest BCUT2D eigenvalue weighted by molar-refractivity contribution is 5.76. The molecule has 0 saturated heterocycles. The number of phenols is 1. The van der Waals surface area contributed by atoms with Crippen molar-refractivity contribution in [3.8, 4) is 5.75 Å². The van der Waals surface area contributed by atoms with Crippen LogP contribution in [0.25, 0.3) is 0 Å². The Morgan fingerprint density at radius 3 is 2.71 bits per heavy atom. The molecule has 2 rings (SSSR count). The molecule has 0 bridgehead atoms. The van der Waals surface area contributed by atoms with Crippen LogP contribution in [0.15, 0.2) is 24.3 Å². The zero-order valence-electron chi connectivity index (χ0n) is 9.60. The van der Waals surface area contributed by atoms with Gasteiger partial charge >= 0.3 is 0 Å². The van der Waals surface area contributed by atoms with Crippen molar-refractivity contribution in [3.63, 3.8) is 0 Å². The molecule has 0 aliphatic heterocycles. The summed E-state index contributed by atoms with van der Waals surface area (Å²) in [7, 11) is 0. The summed E-state index contributed by atoms with van der Waals surface area (Å²) in [5, 5.41) is 21.5. The monoisotopic (exact) mass is 235 g/mol. The highest BCUT2D eigenvalue weighted by atomic mass is 16.3. The van der Waals surface area contributed by atoms with Gasteiger partial charge < -0.3 is 15.5 Å². The van der Waals surface area contributed by atoms with Gasteiger partial charge in [0.1, 0.15) is 5.75 Å². The lowest BCUT2D eigenvalue weighted by atomic mass is 9.89. The number of carbonyl (C=O) groups excluding carboxylic acids is 1. The maximum Gasteiger partial charge on any atom is 0.220 e. The maximum atomic E-state index is 11.6. The topological polar surface area (TPSA) is 69.6 Å². The third kappa shape index (κ3) is 3.20. The van der Waals surface area contributed by atoms with E-state index in [1.54, 1.807) is 12.1 Å². The summed E-state index contributed by atoms with van der Waals surface area (Å²) in [5.41, 5.74) is 0.788. The molecule has 4 nitrogen and oxygen atoms in total. The van der Waals surface area contributed by atoms with Crippen molar-refractivity contribution >= 4 is 5.91 Å². The van der Waals surface area contributed by atoms with Crippen LogP contribution in [0.3, 0.4) is 0 Å². The molecule has 0 spiro atoms. The number of phenolic OH excluding ortho intramolecular Hbond substituents is 1. The maximum absolute atomic E-state index is 11.6. The van der Waals surface area contributed by atoms with Crippen LogP contribution >= 0.6 is 0 Å². The Bertz CT molecular complexity index is 399. The number of hydrogen-bond donors (Lipinski definition) is 3. The number of aromatic hydroxyl groups is 1. The van der Waals surface area contributed by atoms with Crippen LogP contribution < -0.4 is 5.32 Å². The van der Waals surface area contributed by atoms with Gasteiger partial charge in [0.15, 0.2) is 0 Å². The van der Waals surface area contributed by atoms with Crippen LogP contribution in [0.1, 0.15) is 24.8 Å². The van der Waals surface area contributed by atoms with Gasteiger partial charge in [0.05, 0.1) is 6.10 Å². The largest absolute Gasteiger partial charge is 0.508 e. The standard InChI is InChI=1S/C13H17NO3/c15-11-7-10(8-11)14-13(17)6-5-9-3-1-2-4-12(9)16/h1-4,10-11,15-16H,5-8H2,(H,14,17). The molecule has 1 aromatic rings. The number of aliphatic hydroxyl groups excluding tert-OH is 1. The first-order valence-corrected chi connectivity index (χ1v) is 5.89. The van der Waals surface area contributed by atoms with Gasteiger partial charge in [-0.15, -0.1) is 0 Å². The van der Waals surface area contributed by atoms with Gasteiger partial charge in [0.25, 0.3) is 0 Å². The molecule has 92 valence electrons. The predicted octanol–water partition coefficient (Wildman–Crippen LogP) is 0.964. The highest BCUT2D eigenvalue weighted by Crippen LogP contribution is 2.20. The zero-order valence-corrected chi connectivity index (χ0v) is 9.60. The van der Waals surface area contributed by atoms with E-state index in [1.807, 2.05) is 12.1 Å². The summed E-state index contributed by atoms with van der Waals surface area (Å²) in [6.45, 7) is 0. The SMILES string of the molecule is O=C(CCc1ccccc1O)NC1CC(O)C1. The average Bonchev–Trinajstić information content (AvgIpc) is 2.26. The molecular weight excluding hydrogens is 218 g/mol. The van der Waals surface area contributed by atoms with Crippen LogP contribution in [-0.4, -0.2) is 28.3 Å². The molecule has 3 N–H and O–H groups in total. The zero-order chi connectivity index (χ0) is 12.3. The van der Waals surface area contributed by atoms with Crippen molar-refractivity contribution < 1.29 is 15.0 Å². The van der Waals surface area contributed by atoms with Crippen molar-refractivity contribution in [2.45, 2.75) is 37.8 Å². The minimum Gasteiger partial charge on any atom is -0.508 e. The molecule has 0 unspecified atom stereocenters. The third-order valence-corrected chi connectivity index (χ3v) is 3.09. The van der Waals surface area contributed by atoms with E-state index in [2.05, 4.69) is 5.32 Å². The second-order valence-electron chi connectivity index (χ2n) is 4.52. The van der Waals surface area contributed by atoms with E-state index in [0.717, 1.165) is 5.56 Å². The van der Waals surface area contributed by atoms with E-state index in [9.17, 15) is 9.90 Å². The summed E-state index contributed by atoms with van der Waals surface area (Å²) in [5.74, 6) is 0.213. The minimum atomic E-state index is -0.251. The molecule has 0 atom stereocenters. The Morgan fingerprint density at radius 1 is 1.35 bits per heavy atom. The van der Waals surface area contributed by atoms with Crippen LogP contribution in [0, 0.1) is 0 Å². The molecule has 1 aliphatic carbocycles. The van der Waals surface area contributed by atoms with E-state index in [4.69, 9.17) is 5.11 Å². The van der Waals surface area contributed by atoms with Gasteiger partial charge in [-0.3, -0.25) is 4.79 Å². The fourth-order valence-electron chi connectivity index (χ4n) is 1.98. The number of rotatable bonds is 4.